The normalized spacial score (nSPS) is 25.6. The molecule has 5 nitrogen and oxygen atoms in total. The predicted molar refractivity (Wildman–Crippen MR) is 94.9 cm³/mol. The van der Waals surface area contributed by atoms with Gasteiger partial charge in [-0.3, -0.25) is 0 Å². The second-order valence-corrected chi connectivity index (χ2v) is 6.62. The highest BCUT2D eigenvalue weighted by Crippen LogP contribution is 2.19. The van der Waals surface area contributed by atoms with Crippen LogP contribution in [0.1, 0.15) is 64.7 Å². The molecule has 0 aromatic carbocycles. The Morgan fingerprint density at radius 1 is 1.04 bits per heavy atom. The number of hydrogen-bond donors (Lipinski definition) is 3. The fraction of sp³-hybridized carbons (Fsp3) is 0.895. The van der Waals surface area contributed by atoms with E-state index in [-0.39, 0.29) is 13.2 Å². The van der Waals surface area contributed by atoms with Crippen LogP contribution in [0, 0.1) is 0 Å². The summed E-state index contributed by atoms with van der Waals surface area (Å²) in [7, 11) is 0. The molecule has 0 spiro atoms. The summed E-state index contributed by atoms with van der Waals surface area (Å²) in [6, 6.07) is 0. The first kappa shape index (κ1) is 21.6. The van der Waals surface area contributed by atoms with E-state index in [0.717, 1.165) is 19.3 Å². The molecule has 1 fully saturated rings. The largest absolute Gasteiger partial charge is 0.394 e. The van der Waals surface area contributed by atoms with Gasteiger partial charge >= 0.3 is 0 Å². The minimum atomic E-state index is -0.980. The minimum Gasteiger partial charge on any atom is -0.394 e. The molecule has 142 valence electrons. The molecule has 0 aromatic rings. The molecule has 1 aliphatic rings. The van der Waals surface area contributed by atoms with Crippen LogP contribution in [0.15, 0.2) is 12.2 Å². The van der Waals surface area contributed by atoms with Crippen molar-refractivity contribution in [2.24, 2.45) is 0 Å². The molecular weight excluding hydrogens is 308 g/mol. The highest BCUT2D eigenvalue weighted by Gasteiger charge is 2.40. The first-order valence-corrected chi connectivity index (χ1v) is 9.55. The molecular formula is C19H36O5. The van der Waals surface area contributed by atoms with Gasteiger partial charge in [0.2, 0.25) is 0 Å². The van der Waals surface area contributed by atoms with Gasteiger partial charge in [-0.05, 0) is 32.1 Å². The number of ether oxygens (including phenoxy) is 2. The second-order valence-electron chi connectivity index (χ2n) is 6.62. The minimum absolute atomic E-state index is 0.0949. The quantitative estimate of drug-likeness (QED) is 0.333. The van der Waals surface area contributed by atoms with Crippen LogP contribution >= 0.6 is 0 Å². The number of unbranched alkanes of at least 4 members (excludes halogenated alkanes) is 7. The third-order valence-corrected chi connectivity index (χ3v) is 4.47. The van der Waals surface area contributed by atoms with E-state index in [0.29, 0.717) is 6.61 Å². The van der Waals surface area contributed by atoms with Crippen molar-refractivity contribution in [2.75, 3.05) is 19.8 Å². The fourth-order valence-electron chi connectivity index (χ4n) is 2.90. The molecule has 1 rings (SSSR count). The molecule has 0 aromatic heterocycles. The van der Waals surface area contributed by atoms with Gasteiger partial charge in [0.05, 0.1) is 13.2 Å². The molecule has 0 bridgehead atoms. The van der Waals surface area contributed by atoms with Gasteiger partial charge in [-0.1, -0.05) is 44.8 Å². The van der Waals surface area contributed by atoms with Crippen LogP contribution in [-0.4, -0.2) is 59.6 Å². The molecule has 24 heavy (non-hydrogen) atoms. The summed E-state index contributed by atoms with van der Waals surface area (Å²) < 4.78 is 10.9. The number of aliphatic hydroxyl groups excluding tert-OH is 3. The highest BCUT2D eigenvalue weighted by molar-refractivity contribution is 4.88. The monoisotopic (exact) mass is 344 g/mol. The molecule has 0 radical (unpaired) electrons. The molecule has 0 unspecified atom stereocenters. The van der Waals surface area contributed by atoms with Gasteiger partial charge in [0.1, 0.15) is 24.4 Å². The Balaban J connectivity index is 1.97. The van der Waals surface area contributed by atoms with E-state index in [1.54, 1.807) is 0 Å². The van der Waals surface area contributed by atoms with Crippen LogP contribution < -0.4 is 0 Å². The van der Waals surface area contributed by atoms with E-state index in [1.807, 2.05) is 0 Å². The molecule has 0 amide bonds. The molecule has 4 atom stereocenters. The van der Waals surface area contributed by atoms with Crippen molar-refractivity contribution in [3.05, 3.63) is 12.2 Å². The van der Waals surface area contributed by atoms with Crippen molar-refractivity contribution in [1.82, 2.24) is 0 Å². The maximum atomic E-state index is 9.78. The maximum Gasteiger partial charge on any atom is 0.114 e. The summed E-state index contributed by atoms with van der Waals surface area (Å²) in [6.45, 7) is 2.65. The zero-order valence-electron chi connectivity index (χ0n) is 15.1. The molecule has 5 heteroatoms. The first-order chi connectivity index (χ1) is 11.7. The van der Waals surface area contributed by atoms with Crippen molar-refractivity contribution in [1.29, 1.82) is 0 Å². The maximum absolute atomic E-state index is 9.78. The standard InChI is InChI=1S/C19H36O5/c1-2-3-4-5-6-7-8-9-10-11-12-13-23-17(14-20)19-18(22)16(21)15-24-19/h6-7,16-22H,2-5,8-15H2,1H3/b7-6+/t16-,17+,18+,19+/m1/s1. The van der Waals surface area contributed by atoms with Crippen LogP contribution in [0.25, 0.3) is 0 Å². The number of aliphatic hydroxyl groups is 3. The van der Waals surface area contributed by atoms with Crippen LogP contribution in [-0.2, 0) is 9.47 Å². The summed E-state index contributed by atoms with van der Waals surface area (Å²) in [5, 5.41) is 28.6. The zero-order chi connectivity index (χ0) is 17.6. The second kappa shape index (κ2) is 13.8. The lowest BCUT2D eigenvalue weighted by atomic mass is 10.1. The number of rotatable bonds is 14. The van der Waals surface area contributed by atoms with Gasteiger partial charge in [0, 0.05) is 6.61 Å². The van der Waals surface area contributed by atoms with E-state index in [9.17, 15) is 15.3 Å². The zero-order valence-corrected chi connectivity index (χ0v) is 15.1. The molecule has 1 heterocycles. The Kier molecular flexibility index (Phi) is 12.4. The fourth-order valence-corrected chi connectivity index (χ4v) is 2.90. The van der Waals surface area contributed by atoms with Gasteiger partial charge in [-0.2, -0.15) is 0 Å². The van der Waals surface area contributed by atoms with Gasteiger partial charge in [-0.25, -0.2) is 0 Å². The summed E-state index contributed by atoms with van der Waals surface area (Å²) in [5.74, 6) is 0. The Morgan fingerprint density at radius 3 is 2.29 bits per heavy atom. The van der Waals surface area contributed by atoms with E-state index in [4.69, 9.17) is 9.47 Å². The smallest absolute Gasteiger partial charge is 0.114 e. The average molecular weight is 344 g/mol. The predicted octanol–water partition coefficient (Wildman–Crippen LogP) is 2.57. The highest BCUT2D eigenvalue weighted by atomic mass is 16.6. The lowest BCUT2D eigenvalue weighted by Gasteiger charge is -2.24. The summed E-state index contributed by atoms with van der Waals surface area (Å²) in [5.41, 5.74) is 0. The third kappa shape index (κ3) is 8.58. The molecule has 0 aliphatic carbocycles. The summed E-state index contributed by atoms with van der Waals surface area (Å²) >= 11 is 0. The lowest BCUT2D eigenvalue weighted by molar-refractivity contribution is -0.101. The van der Waals surface area contributed by atoms with Crippen molar-refractivity contribution in [2.45, 2.75) is 89.1 Å². The van der Waals surface area contributed by atoms with Gasteiger partial charge in [0.25, 0.3) is 0 Å². The number of hydrogen-bond acceptors (Lipinski definition) is 5. The molecule has 0 saturated carbocycles. The van der Waals surface area contributed by atoms with Crippen molar-refractivity contribution in [3.8, 4) is 0 Å². The molecule has 3 N–H and O–H groups in total. The lowest BCUT2D eigenvalue weighted by Crippen LogP contribution is -2.42. The Morgan fingerprint density at radius 2 is 1.71 bits per heavy atom. The van der Waals surface area contributed by atoms with Crippen molar-refractivity contribution in [3.63, 3.8) is 0 Å². The van der Waals surface area contributed by atoms with E-state index in [1.165, 1.54) is 38.5 Å². The Bertz CT molecular complexity index is 321. The molecule has 1 aliphatic heterocycles. The Labute approximate surface area is 146 Å². The van der Waals surface area contributed by atoms with E-state index >= 15 is 0 Å². The third-order valence-electron chi connectivity index (χ3n) is 4.47. The van der Waals surface area contributed by atoms with Crippen LogP contribution in [0.2, 0.25) is 0 Å². The van der Waals surface area contributed by atoms with Crippen LogP contribution in [0.5, 0.6) is 0 Å². The van der Waals surface area contributed by atoms with Crippen molar-refractivity contribution < 1.29 is 24.8 Å². The van der Waals surface area contributed by atoms with Gasteiger partial charge in [0.15, 0.2) is 0 Å². The van der Waals surface area contributed by atoms with Crippen LogP contribution in [0.3, 0.4) is 0 Å². The topological polar surface area (TPSA) is 79.2 Å². The van der Waals surface area contributed by atoms with Crippen molar-refractivity contribution >= 4 is 0 Å². The molecule has 1 saturated heterocycles. The first-order valence-electron chi connectivity index (χ1n) is 9.55. The average Bonchev–Trinajstić information content (AvgIpc) is 2.92. The van der Waals surface area contributed by atoms with Crippen LogP contribution in [0.4, 0.5) is 0 Å². The van der Waals surface area contributed by atoms with E-state index in [2.05, 4.69) is 19.1 Å². The SMILES string of the molecule is CCCCC/C=C/CCCCCCO[C@@H](CO)[C@@H]1OC[C@@H](O)[C@@H]1O. The summed E-state index contributed by atoms with van der Waals surface area (Å²) in [4.78, 5) is 0. The van der Waals surface area contributed by atoms with Gasteiger partial charge < -0.3 is 24.8 Å². The van der Waals surface area contributed by atoms with Gasteiger partial charge in [-0.15, -0.1) is 0 Å². The summed E-state index contributed by atoms with van der Waals surface area (Å²) in [6.07, 6.45) is 12.2. The van der Waals surface area contributed by atoms with E-state index < -0.39 is 24.4 Å². The number of allylic oxidation sites excluding steroid dienone is 2. The Hall–Kier alpha value is -0.460.